The lowest BCUT2D eigenvalue weighted by Gasteiger charge is -2.17. The van der Waals surface area contributed by atoms with Gasteiger partial charge in [-0.05, 0) is 31.5 Å². The van der Waals surface area contributed by atoms with Gasteiger partial charge in [0.1, 0.15) is 11.8 Å². The molecule has 1 rings (SSSR count). The van der Waals surface area contributed by atoms with Gasteiger partial charge in [0.15, 0.2) is 0 Å². The number of nitrogens with two attached hydrogens (primary N) is 1. The summed E-state index contributed by atoms with van der Waals surface area (Å²) in [5.41, 5.74) is 4.60. The van der Waals surface area contributed by atoms with Gasteiger partial charge in [-0.15, -0.1) is 0 Å². The Morgan fingerprint density at radius 1 is 1.35 bits per heavy atom. The predicted octanol–water partition coefficient (Wildman–Crippen LogP) is 2.08. The summed E-state index contributed by atoms with van der Waals surface area (Å²) in [6.07, 6.45) is -4.79. The molecule has 0 spiro atoms. The minimum Gasteiger partial charge on any atom is -0.491 e. The molecule has 8 heteroatoms. The van der Waals surface area contributed by atoms with Crippen LogP contribution in [0.25, 0.3) is 0 Å². The molecule has 1 aromatic rings. The Morgan fingerprint density at radius 3 is 2.52 bits per heavy atom. The van der Waals surface area contributed by atoms with Crippen molar-refractivity contribution in [1.82, 2.24) is 5.32 Å². The largest absolute Gasteiger partial charge is 0.491 e. The van der Waals surface area contributed by atoms with Crippen molar-refractivity contribution in [3.63, 3.8) is 0 Å². The molecule has 130 valence electrons. The summed E-state index contributed by atoms with van der Waals surface area (Å²) in [6.45, 7) is 3.14. The second-order valence-corrected chi connectivity index (χ2v) is 5.26. The first-order valence-electron chi connectivity index (χ1n) is 7.04. The van der Waals surface area contributed by atoms with E-state index in [2.05, 4.69) is 5.32 Å². The van der Waals surface area contributed by atoms with Gasteiger partial charge in [0.05, 0.1) is 18.3 Å². The molecule has 23 heavy (non-hydrogen) atoms. The molecule has 0 aliphatic carbocycles. The highest BCUT2D eigenvalue weighted by molar-refractivity contribution is 5.81. The topological polar surface area (TPSA) is 73.6 Å². The molecule has 0 saturated heterocycles. The smallest absolute Gasteiger partial charge is 0.416 e. The van der Waals surface area contributed by atoms with Crippen molar-refractivity contribution >= 4 is 5.91 Å². The second kappa shape index (κ2) is 8.16. The number of alkyl halides is 3. The van der Waals surface area contributed by atoms with Gasteiger partial charge in [-0.1, -0.05) is 6.07 Å². The van der Waals surface area contributed by atoms with E-state index in [1.165, 1.54) is 19.2 Å². The van der Waals surface area contributed by atoms with Crippen LogP contribution in [0.1, 0.15) is 25.0 Å². The highest BCUT2D eigenvalue weighted by Gasteiger charge is 2.34. The number of hydrogen-bond acceptors (Lipinski definition) is 4. The van der Waals surface area contributed by atoms with Crippen LogP contribution in [-0.4, -0.2) is 31.8 Å². The van der Waals surface area contributed by atoms with E-state index >= 15 is 0 Å². The highest BCUT2D eigenvalue weighted by atomic mass is 19.4. The first-order valence-corrected chi connectivity index (χ1v) is 7.04. The first-order chi connectivity index (χ1) is 10.6. The van der Waals surface area contributed by atoms with Gasteiger partial charge < -0.3 is 20.5 Å². The zero-order chi connectivity index (χ0) is 17.6. The Morgan fingerprint density at radius 2 is 2.00 bits per heavy atom. The average Bonchev–Trinajstić information content (AvgIpc) is 2.44. The van der Waals surface area contributed by atoms with Crippen molar-refractivity contribution in [2.45, 2.75) is 38.7 Å². The van der Waals surface area contributed by atoms with Crippen LogP contribution in [0.5, 0.6) is 5.75 Å². The Hall–Kier alpha value is -1.80. The van der Waals surface area contributed by atoms with E-state index in [-0.39, 0.29) is 30.6 Å². The van der Waals surface area contributed by atoms with Crippen LogP contribution >= 0.6 is 0 Å². The molecule has 0 aliphatic rings. The molecule has 0 saturated carbocycles. The van der Waals surface area contributed by atoms with Gasteiger partial charge in [0.25, 0.3) is 0 Å². The Labute approximate surface area is 132 Å². The molecule has 0 bridgehead atoms. The van der Waals surface area contributed by atoms with Gasteiger partial charge in [0.2, 0.25) is 5.91 Å². The van der Waals surface area contributed by atoms with Gasteiger partial charge in [0, 0.05) is 13.7 Å². The zero-order valence-corrected chi connectivity index (χ0v) is 13.2. The summed E-state index contributed by atoms with van der Waals surface area (Å²) in [7, 11) is 1.38. The van der Waals surface area contributed by atoms with E-state index in [4.69, 9.17) is 15.2 Å². The van der Waals surface area contributed by atoms with Crippen molar-refractivity contribution in [1.29, 1.82) is 0 Å². The number of amides is 1. The summed E-state index contributed by atoms with van der Waals surface area (Å²) in [5, 5.41) is 2.37. The first kappa shape index (κ1) is 19.2. The fourth-order valence-electron chi connectivity index (χ4n) is 1.89. The number of carbonyl (C=O) groups is 1. The molecule has 0 radical (unpaired) electrons. The third kappa shape index (κ3) is 6.07. The normalized spacial score (nSPS) is 13.0. The molecule has 5 nitrogen and oxygen atoms in total. The predicted molar refractivity (Wildman–Crippen MR) is 78.9 cm³/mol. The monoisotopic (exact) mass is 334 g/mol. The maximum Gasteiger partial charge on any atom is 0.416 e. The standard InChI is InChI=1S/C15H21F3N2O3/c1-9(2)23-11-5-4-10(12(6-11)15(16,17)18)7-20-14(21)13(19)8-22-3/h4-6,9,13H,7-8,19H2,1-3H3,(H,20,21). The Balaban J connectivity index is 2.91. The molecule has 0 aromatic heterocycles. The summed E-state index contributed by atoms with van der Waals surface area (Å²) < 4.78 is 49.5. The van der Waals surface area contributed by atoms with Crippen LogP contribution in [0.4, 0.5) is 13.2 Å². The van der Waals surface area contributed by atoms with Crippen LogP contribution in [0, 0.1) is 0 Å². The lowest BCUT2D eigenvalue weighted by molar-refractivity contribution is -0.138. The molecular formula is C15H21F3N2O3. The van der Waals surface area contributed by atoms with Crippen molar-refractivity contribution in [3.8, 4) is 5.75 Å². The Kier molecular flexibility index (Phi) is 6.83. The van der Waals surface area contributed by atoms with Gasteiger partial charge in [-0.3, -0.25) is 4.79 Å². The van der Waals surface area contributed by atoms with Crippen LogP contribution in [0.15, 0.2) is 18.2 Å². The van der Waals surface area contributed by atoms with Crippen molar-refractivity contribution in [3.05, 3.63) is 29.3 Å². The molecular weight excluding hydrogens is 313 g/mol. The van der Waals surface area contributed by atoms with Crippen molar-refractivity contribution in [2.75, 3.05) is 13.7 Å². The van der Waals surface area contributed by atoms with E-state index in [9.17, 15) is 18.0 Å². The molecule has 1 atom stereocenters. The number of rotatable bonds is 7. The van der Waals surface area contributed by atoms with E-state index in [1.54, 1.807) is 13.8 Å². The van der Waals surface area contributed by atoms with E-state index < -0.39 is 23.7 Å². The molecule has 0 aliphatic heterocycles. The molecule has 1 aromatic carbocycles. The highest BCUT2D eigenvalue weighted by Crippen LogP contribution is 2.34. The van der Waals surface area contributed by atoms with Crippen LogP contribution in [0.2, 0.25) is 0 Å². The quantitative estimate of drug-likeness (QED) is 0.801. The lowest BCUT2D eigenvalue weighted by atomic mass is 10.1. The number of halogens is 3. The van der Waals surface area contributed by atoms with E-state index in [1.807, 2.05) is 0 Å². The molecule has 1 amide bonds. The number of benzene rings is 1. The number of nitrogens with one attached hydrogen (secondary N) is 1. The fraction of sp³-hybridized carbons (Fsp3) is 0.533. The van der Waals surface area contributed by atoms with E-state index in [0.717, 1.165) is 6.07 Å². The summed E-state index contributed by atoms with van der Waals surface area (Å²) >= 11 is 0. The third-order valence-corrected chi connectivity index (χ3v) is 2.89. The van der Waals surface area contributed by atoms with Crippen LogP contribution < -0.4 is 15.8 Å². The van der Waals surface area contributed by atoms with Crippen LogP contribution in [0.3, 0.4) is 0 Å². The maximum atomic E-state index is 13.2. The molecule has 1 unspecified atom stereocenters. The lowest BCUT2D eigenvalue weighted by Crippen LogP contribution is -2.43. The van der Waals surface area contributed by atoms with Gasteiger partial charge in [-0.2, -0.15) is 13.2 Å². The number of methoxy groups -OCH3 is 1. The van der Waals surface area contributed by atoms with E-state index in [0.29, 0.717) is 0 Å². The molecule has 0 heterocycles. The SMILES string of the molecule is COCC(N)C(=O)NCc1ccc(OC(C)C)cc1C(F)(F)F. The average molecular weight is 334 g/mol. The maximum absolute atomic E-state index is 13.2. The number of carbonyl (C=O) groups excluding carboxylic acids is 1. The Bertz CT molecular complexity index is 533. The molecule has 0 fully saturated rings. The number of hydrogen-bond donors (Lipinski definition) is 2. The minimum atomic E-state index is -4.55. The van der Waals surface area contributed by atoms with Crippen molar-refractivity contribution in [2.24, 2.45) is 5.73 Å². The second-order valence-electron chi connectivity index (χ2n) is 5.26. The van der Waals surface area contributed by atoms with Crippen molar-refractivity contribution < 1.29 is 27.4 Å². The summed E-state index contributed by atoms with van der Waals surface area (Å²) in [4.78, 5) is 11.7. The summed E-state index contributed by atoms with van der Waals surface area (Å²) in [6, 6.07) is 2.71. The fourth-order valence-corrected chi connectivity index (χ4v) is 1.89. The van der Waals surface area contributed by atoms with Gasteiger partial charge >= 0.3 is 6.18 Å². The zero-order valence-electron chi connectivity index (χ0n) is 13.2. The molecule has 3 N–H and O–H groups in total. The number of ether oxygens (including phenoxy) is 2. The van der Waals surface area contributed by atoms with Crippen LogP contribution in [-0.2, 0) is 22.3 Å². The summed E-state index contributed by atoms with van der Waals surface area (Å²) in [5.74, 6) is -0.457. The third-order valence-electron chi connectivity index (χ3n) is 2.89. The minimum absolute atomic E-state index is 0.0148. The van der Waals surface area contributed by atoms with Gasteiger partial charge in [-0.25, -0.2) is 0 Å².